The Balaban J connectivity index is 1.79. The fraction of sp³-hybridized carbons (Fsp3) is 0.333. The lowest BCUT2D eigenvalue weighted by molar-refractivity contribution is 0.507. The highest BCUT2D eigenvalue weighted by Gasteiger charge is 2.22. The Kier molecular flexibility index (Phi) is 3.74. The summed E-state index contributed by atoms with van der Waals surface area (Å²) in [6.45, 7) is 1.83. The number of piperidine rings is 1. The van der Waals surface area contributed by atoms with Crippen molar-refractivity contribution in [2.75, 3.05) is 18.0 Å². The molecule has 1 unspecified atom stereocenters. The zero-order valence-electron chi connectivity index (χ0n) is 11.1. The van der Waals surface area contributed by atoms with Gasteiger partial charge in [-0.1, -0.05) is 23.7 Å². The first-order valence-electron chi connectivity index (χ1n) is 6.77. The summed E-state index contributed by atoms with van der Waals surface area (Å²) in [5.74, 6) is 1.22. The number of aromatic amines is 1. The monoisotopic (exact) mass is 289 g/mol. The minimum atomic E-state index is -0.108. The third-order valence-corrected chi connectivity index (χ3v) is 4.00. The fourth-order valence-electron chi connectivity index (χ4n) is 2.72. The van der Waals surface area contributed by atoms with Gasteiger partial charge >= 0.3 is 0 Å². The molecule has 0 spiro atoms. The molecule has 0 saturated carbocycles. The van der Waals surface area contributed by atoms with Crippen molar-refractivity contribution >= 4 is 17.4 Å². The molecule has 1 aromatic carbocycles. The van der Waals surface area contributed by atoms with Crippen molar-refractivity contribution in [2.24, 2.45) is 0 Å². The zero-order valence-corrected chi connectivity index (χ0v) is 11.8. The summed E-state index contributed by atoms with van der Waals surface area (Å²) in [7, 11) is 0. The molecule has 0 amide bonds. The average Bonchev–Trinajstić information content (AvgIpc) is 2.48. The quantitative estimate of drug-likeness (QED) is 0.925. The molecule has 4 nitrogen and oxygen atoms in total. The Morgan fingerprint density at radius 2 is 2.10 bits per heavy atom. The van der Waals surface area contributed by atoms with Gasteiger partial charge in [-0.3, -0.25) is 4.79 Å². The zero-order chi connectivity index (χ0) is 13.9. The second-order valence-corrected chi connectivity index (χ2v) is 5.54. The molecule has 1 atom stereocenters. The number of benzene rings is 1. The van der Waals surface area contributed by atoms with Gasteiger partial charge in [0.25, 0.3) is 5.56 Å². The fourth-order valence-corrected chi connectivity index (χ4v) is 2.85. The summed E-state index contributed by atoms with van der Waals surface area (Å²) in [5, 5.41) is 0.762. The molecule has 104 valence electrons. The smallest absolute Gasteiger partial charge is 0.252 e. The predicted molar refractivity (Wildman–Crippen MR) is 80.5 cm³/mol. The number of aromatic nitrogens is 2. The van der Waals surface area contributed by atoms with Crippen molar-refractivity contribution in [3.8, 4) is 0 Å². The van der Waals surface area contributed by atoms with Crippen LogP contribution in [0.15, 0.2) is 41.5 Å². The van der Waals surface area contributed by atoms with Crippen LogP contribution in [-0.2, 0) is 0 Å². The van der Waals surface area contributed by atoms with E-state index in [0.29, 0.717) is 5.92 Å². The summed E-state index contributed by atoms with van der Waals surface area (Å²) in [5.41, 5.74) is 1.19. The maximum atomic E-state index is 11.4. The van der Waals surface area contributed by atoms with Gasteiger partial charge in [0.2, 0.25) is 0 Å². The van der Waals surface area contributed by atoms with Gasteiger partial charge in [-0.05, 0) is 30.5 Å². The number of H-pyrrole nitrogens is 1. The van der Waals surface area contributed by atoms with Crippen LogP contribution in [-0.4, -0.2) is 23.1 Å². The van der Waals surface area contributed by atoms with Gasteiger partial charge < -0.3 is 9.88 Å². The van der Waals surface area contributed by atoms with Gasteiger partial charge in [0, 0.05) is 30.1 Å². The average molecular weight is 290 g/mol. The number of anilines is 1. The van der Waals surface area contributed by atoms with Gasteiger partial charge in [0.05, 0.1) is 6.33 Å². The van der Waals surface area contributed by atoms with Crippen LogP contribution in [0.25, 0.3) is 0 Å². The molecule has 3 rings (SSSR count). The van der Waals surface area contributed by atoms with Gasteiger partial charge in [-0.15, -0.1) is 0 Å². The highest BCUT2D eigenvalue weighted by atomic mass is 35.5. The number of halogens is 1. The van der Waals surface area contributed by atoms with E-state index in [1.807, 2.05) is 12.1 Å². The standard InChI is InChI=1S/C15H16ClN3O/c16-13-5-3-11(4-6-13)12-2-1-7-19(9-12)14-8-15(20)18-10-17-14/h3-6,8,10,12H,1-2,7,9H2,(H,17,18,20). The van der Waals surface area contributed by atoms with Crippen LogP contribution in [0, 0.1) is 0 Å². The molecule has 1 aromatic heterocycles. The summed E-state index contributed by atoms with van der Waals surface area (Å²) in [6, 6.07) is 9.59. The highest BCUT2D eigenvalue weighted by Crippen LogP contribution is 2.29. The SMILES string of the molecule is O=c1cc(N2CCCC(c3ccc(Cl)cc3)C2)nc[nH]1. The van der Waals surface area contributed by atoms with E-state index in [4.69, 9.17) is 11.6 Å². The minimum absolute atomic E-state index is 0.108. The van der Waals surface area contributed by atoms with E-state index in [0.717, 1.165) is 36.8 Å². The van der Waals surface area contributed by atoms with Crippen LogP contribution >= 0.6 is 11.6 Å². The Morgan fingerprint density at radius 3 is 2.85 bits per heavy atom. The normalized spacial score (nSPS) is 19.1. The third-order valence-electron chi connectivity index (χ3n) is 3.75. The molecule has 1 saturated heterocycles. The molecule has 2 aromatic rings. The summed E-state index contributed by atoms with van der Waals surface area (Å²) < 4.78 is 0. The summed E-state index contributed by atoms with van der Waals surface area (Å²) in [6.07, 6.45) is 3.71. The van der Waals surface area contributed by atoms with Crippen LogP contribution < -0.4 is 10.5 Å². The lowest BCUT2D eigenvalue weighted by atomic mass is 9.91. The predicted octanol–water partition coefficient (Wildman–Crippen LogP) is 2.81. The van der Waals surface area contributed by atoms with E-state index in [1.54, 1.807) is 6.07 Å². The van der Waals surface area contributed by atoms with Crippen LogP contribution in [0.1, 0.15) is 24.3 Å². The molecule has 20 heavy (non-hydrogen) atoms. The minimum Gasteiger partial charge on any atom is -0.356 e. The Bertz CT molecular complexity index is 638. The maximum Gasteiger partial charge on any atom is 0.252 e. The Labute approximate surface area is 122 Å². The number of nitrogens with zero attached hydrogens (tertiary/aromatic N) is 2. The van der Waals surface area contributed by atoms with Gasteiger partial charge in [0.1, 0.15) is 5.82 Å². The molecule has 1 aliphatic rings. The lowest BCUT2D eigenvalue weighted by Gasteiger charge is -2.33. The largest absolute Gasteiger partial charge is 0.356 e. The molecule has 1 fully saturated rings. The second-order valence-electron chi connectivity index (χ2n) is 5.11. The molecule has 1 aliphatic heterocycles. The van der Waals surface area contributed by atoms with Crippen molar-refractivity contribution in [2.45, 2.75) is 18.8 Å². The number of nitrogens with one attached hydrogen (secondary N) is 1. The highest BCUT2D eigenvalue weighted by molar-refractivity contribution is 6.30. The van der Waals surface area contributed by atoms with Gasteiger partial charge in [-0.2, -0.15) is 0 Å². The molecule has 1 N–H and O–H groups in total. The lowest BCUT2D eigenvalue weighted by Crippen LogP contribution is -2.35. The van der Waals surface area contributed by atoms with Crippen molar-refractivity contribution in [3.05, 3.63) is 57.6 Å². The summed E-state index contributed by atoms with van der Waals surface area (Å²) >= 11 is 5.93. The molecule has 2 heterocycles. The van der Waals surface area contributed by atoms with Crippen molar-refractivity contribution in [1.29, 1.82) is 0 Å². The molecular weight excluding hydrogens is 274 g/mol. The van der Waals surface area contributed by atoms with E-state index in [1.165, 1.54) is 11.9 Å². The van der Waals surface area contributed by atoms with Crippen molar-refractivity contribution in [1.82, 2.24) is 9.97 Å². The number of rotatable bonds is 2. The van der Waals surface area contributed by atoms with Crippen LogP contribution in [0.4, 0.5) is 5.82 Å². The molecule has 0 bridgehead atoms. The summed E-state index contributed by atoms with van der Waals surface area (Å²) in [4.78, 5) is 20.4. The van der Waals surface area contributed by atoms with E-state index in [2.05, 4.69) is 27.0 Å². The Morgan fingerprint density at radius 1 is 1.30 bits per heavy atom. The van der Waals surface area contributed by atoms with Gasteiger partial charge in [-0.25, -0.2) is 4.98 Å². The van der Waals surface area contributed by atoms with Gasteiger partial charge in [0.15, 0.2) is 0 Å². The number of hydrogen-bond donors (Lipinski definition) is 1. The van der Waals surface area contributed by atoms with Crippen LogP contribution in [0.5, 0.6) is 0 Å². The van der Waals surface area contributed by atoms with Crippen molar-refractivity contribution < 1.29 is 0 Å². The maximum absolute atomic E-state index is 11.4. The molecule has 0 aliphatic carbocycles. The first kappa shape index (κ1) is 13.2. The second kappa shape index (κ2) is 5.67. The van der Waals surface area contributed by atoms with Crippen LogP contribution in [0.3, 0.4) is 0 Å². The number of hydrogen-bond acceptors (Lipinski definition) is 3. The van der Waals surface area contributed by atoms with E-state index < -0.39 is 0 Å². The molecular formula is C15H16ClN3O. The van der Waals surface area contributed by atoms with Crippen LogP contribution in [0.2, 0.25) is 5.02 Å². The molecule has 0 radical (unpaired) electrons. The molecule has 5 heteroatoms. The van der Waals surface area contributed by atoms with E-state index in [9.17, 15) is 4.79 Å². The third kappa shape index (κ3) is 2.85. The van der Waals surface area contributed by atoms with E-state index >= 15 is 0 Å². The first-order valence-corrected chi connectivity index (χ1v) is 7.15. The first-order chi connectivity index (χ1) is 9.72. The Hall–Kier alpha value is -1.81. The van der Waals surface area contributed by atoms with Crippen molar-refractivity contribution in [3.63, 3.8) is 0 Å². The van der Waals surface area contributed by atoms with E-state index in [-0.39, 0.29) is 5.56 Å². The topological polar surface area (TPSA) is 49.0 Å².